The van der Waals surface area contributed by atoms with E-state index in [4.69, 9.17) is 6.92 Å². The van der Waals surface area contributed by atoms with Gasteiger partial charge in [-0.2, -0.15) is 0 Å². The molecule has 0 heterocycles. The first-order valence-corrected chi connectivity index (χ1v) is 12.3. The second kappa shape index (κ2) is 11.0. The number of rotatable bonds is 6. The van der Waals surface area contributed by atoms with Gasteiger partial charge in [0.2, 0.25) is 0 Å². The third-order valence-electron chi connectivity index (χ3n) is 4.73. The van der Waals surface area contributed by atoms with E-state index in [-0.39, 0.29) is 25.8 Å². The van der Waals surface area contributed by atoms with Crippen LogP contribution in [0.25, 0.3) is 0 Å². The predicted octanol–water partition coefficient (Wildman–Crippen LogP) is 5.41. The summed E-state index contributed by atoms with van der Waals surface area (Å²) in [7, 11) is -1.16. The molecule has 148 valence electrons. The molecule has 0 saturated carbocycles. The Labute approximate surface area is 190 Å². The fourth-order valence-electron chi connectivity index (χ4n) is 3.46. The zero-order valence-electron chi connectivity index (χ0n) is 16.0. The van der Waals surface area contributed by atoms with E-state index in [1.54, 1.807) is 0 Å². The van der Waals surface area contributed by atoms with Crippen molar-refractivity contribution in [1.29, 1.82) is 0 Å². The zero-order valence-corrected chi connectivity index (χ0v) is 19.4. The molecule has 4 rings (SSSR count). The first-order chi connectivity index (χ1) is 13.8. The maximum absolute atomic E-state index is 4.80. The molecule has 0 saturated heterocycles. The fourth-order valence-corrected chi connectivity index (χ4v) is 9.93. The third kappa shape index (κ3) is 5.31. The molecule has 3 heteroatoms. The Bertz CT molecular complexity index is 814. The minimum absolute atomic E-state index is 0. The van der Waals surface area contributed by atoms with E-state index < -0.39 is 15.8 Å². The van der Waals surface area contributed by atoms with Crippen LogP contribution in [-0.2, 0) is 20.4 Å². The number of benzene rings is 4. The van der Waals surface area contributed by atoms with E-state index in [0.717, 1.165) is 0 Å². The van der Waals surface area contributed by atoms with Crippen LogP contribution in [0.15, 0.2) is 121 Å². The fraction of sp³-hybridized carbons (Fsp3) is 0.0385. The summed E-state index contributed by atoms with van der Waals surface area (Å²) >= 11 is 0. The zero-order chi connectivity index (χ0) is 19.2. The van der Waals surface area contributed by atoms with Gasteiger partial charge in [-0.25, -0.2) is 0 Å². The average molecular weight is 504 g/mol. The topological polar surface area (TPSA) is 0 Å². The molecular weight excluding hydrogens is 481 g/mol. The van der Waals surface area contributed by atoms with E-state index in [9.17, 15) is 0 Å². The van der Waals surface area contributed by atoms with Crippen molar-refractivity contribution in [3.63, 3.8) is 0 Å². The molecule has 0 unspecified atom stereocenters. The normalized spacial score (nSPS) is 10.9. The summed E-state index contributed by atoms with van der Waals surface area (Å²) < 4.78 is 0. The predicted molar refractivity (Wildman–Crippen MR) is 127 cm³/mol. The van der Waals surface area contributed by atoms with Crippen LogP contribution in [0.2, 0.25) is 0 Å². The van der Waals surface area contributed by atoms with Crippen molar-refractivity contribution in [2.45, 2.75) is 5.40 Å². The van der Waals surface area contributed by atoms with Gasteiger partial charge in [0.1, 0.15) is 0 Å². The van der Waals surface area contributed by atoms with Gasteiger partial charge in [0, 0.05) is 20.4 Å². The first-order valence-electron chi connectivity index (χ1n) is 9.46. The molecule has 0 amide bonds. The molecular formula is C26H23P2Pd-. The van der Waals surface area contributed by atoms with Crippen LogP contribution in [0.1, 0.15) is 0 Å². The Morgan fingerprint density at radius 3 is 0.828 bits per heavy atom. The standard InChI is InChI=1S/C26H23P2.Pd/c1-22(27(23-14-6-2-7-15-23)24-16-8-3-9-17-24)28(25-18-10-4-11-19-25)26-20-12-5-13-21-26;/h2-22H,1H2;/q-1;. The third-order valence-corrected chi connectivity index (χ3v) is 10.7. The second-order valence-corrected chi connectivity index (χ2v) is 11.8. The van der Waals surface area contributed by atoms with Crippen molar-refractivity contribution in [3.05, 3.63) is 128 Å². The van der Waals surface area contributed by atoms with Gasteiger partial charge in [0.25, 0.3) is 0 Å². The SMILES string of the molecule is [CH2-]C(P(c1ccccc1)c1ccccc1)P(c1ccccc1)c1ccccc1.[Pd]. The van der Waals surface area contributed by atoms with Crippen LogP contribution in [0.5, 0.6) is 0 Å². The molecule has 0 aliphatic rings. The molecule has 0 nitrogen and oxygen atoms in total. The molecule has 0 N–H and O–H groups in total. The van der Waals surface area contributed by atoms with Gasteiger partial charge in [-0.15, -0.1) is 5.40 Å². The Morgan fingerprint density at radius 2 is 0.621 bits per heavy atom. The van der Waals surface area contributed by atoms with Crippen molar-refractivity contribution in [3.8, 4) is 0 Å². The average Bonchev–Trinajstić information content (AvgIpc) is 2.77. The maximum Gasteiger partial charge on any atom is 0 e. The smallest absolute Gasteiger partial charge is 0 e. The van der Waals surface area contributed by atoms with Crippen LogP contribution in [-0.4, -0.2) is 5.40 Å². The van der Waals surface area contributed by atoms with Crippen molar-refractivity contribution >= 4 is 37.1 Å². The van der Waals surface area contributed by atoms with E-state index >= 15 is 0 Å². The van der Waals surface area contributed by atoms with Crippen LogP contribution < -0.4 is 21.2 Å². The minimum atomic E-state index is -0.581. The van der Waals surface area contributed by atoms with Gasteiger partial charge in [-0.05, 0) is 21.2 Å². The van der Waals surface area contributed by atoms with Gasteiger partial charge >= 0.3 is 0 Å². The quantitative estimate of drug-likeness (QED) is 0.187. The molecule has 0 bridgehead atoms. The summed E-state index contributed by atoms with van der Waals surface area (Å²) in [6.07, 6.45) is 0. The molecule has 0 atom stereocenters. The Kier molecular flexibility index (Phi) is 8.36. The summed E-state index contributed by atoms with van der Waals surface area (Å²) in [6.45, 7) is 4.80. The van der Waals surface area contributed by atoms with Crippen LogP contribution >= 0.6 is 15.8 Å². The van der Waals surface area contributed by atoms with Gasteiger partial charge < -0.3 is 6.92 Å². The molecule has 29 heavy (non-hydrogen) atoms. The first kappa shape index (κ1) is 22.1. The summed E-state index contributed by atoms with van der Waals surface area (Å²) in [4.78, 5) is 0. The van der Waals surface area contributed by atoms with E-state index in [2.05, 4.69) is 121 Å². The molecule has 0 aliphatic heterocycles. The monoisotopic (exact) mass is 503 g/mol. The summed E-state index contributed by atoms with van der Waals surface area (Å²) in [6, 6.07) is 43.7. The maximum atomic E-state index is 4.80. The molecule has 0 fully saturated rings. The Hall–Kier alpha value is -1.60. The van der Waals surface area contributed by atoms with Crippen molar-refractivity contribution in [2.75, 3.05) is 0 Å². The van der Waals surface area contributed by atoms with Crippen molar-refractivity contribution in [1.82, 2.24) is 0 Å². The van der Waals surface area contributed by atoms with Crippen LogP contribution in [0.3, 0.4) is 0 Å². The molecule has 0 radical (unpaired) electrons. The second-order valence-electron chi connectivity index (χ2n) is 6.56. The van der Waals surface area contributed by atoms with Crippen molar-refractivity contribution < 1.29 is 20.4 Å². The molecule has 0 aliphatic carbocycles. The summed E-state index contributed by atoms with van der Waals surface area (Å²) in [5.41, 5.74) is 0. The van der Waals surface area contributed by atoms with Gasteiger partial charge in [-0.1, -0.05) is 137 Å². The van der Waals surface area contributed by atoms with E-state index in [0.29, 0.717) is 0 Å². The summed E-state index contributed by atoms with van der Waals surface area (Å²) in [5, 5.41) is 5.84. The Balaban J connectivity index is 0.00000240. The number of hydrogen-bond acceptors (Lipinski definition) is 0. The van der Waals surface area contributed by atoms with E-state index in [1.807, 2.05) is 0 Å². The molecule has 0 aromatic heterocycles. The van der Waals surface area contributed by atoms with Gasteiger partial charge in [-0.3, -0.25) is 0 Å². The van der Waals surface area contributed by atoms with Crippen molar-refractivity contribution in [2.24, 2.45) is 0 Å². The van der Waals surface area contributed by atoms with Crippen LogP contribution in [0, 0.1) is 6.92 Å². The summed E-state index contributed by atoms with van der Waals surface area (Å²) in [5.74, 6) is 0. The molecule has 4 aromatic rings. The largest absolute Gasteiger partial charge is 0.331 e. The van der Waals surface area contributed by atoms with Gasteiger partial charge in [0.15, 0.2) is 0 Å². The Morgan fingerprint density at radius 1 is 0.414 bits per heavy atom. The van der Waals surface area contributed by atoms with Gasteiger partial charge in [0.05, 0.1) is 0 Å². The molecule has 0 spiro atoms. The minimum Gasteiger partial charge on any atom is -0.331 e. The number of hydrogen-bond donors (Lipinski definition) is 0. The van der Waals surface area contributed by atoms with Crippen LogP contribution in [0.4, 0.5) is 0 Å². The molecule has 4 aromatic carbocycles. The van der Waals surface area contributed by atoms with E-state index in [1.165, 1.54) is 21.2 Å².